The molecule has 7 nitrogen and oxygen atoms in total. The molecule has 2 aromatic carbocycles. The van der Waals surface area contributed by atoms with E-state index in [4.69, 9.17) is 4.74 Å². The minimum atomic E-state index is -0.128. The largest absolute Gasteiger partial charge is 0.380 e. The van der Waals surface area contributed by atoms with Crippen LogP contribution in [0.15, 0.2) is 54.9 Å². The first kappa shape index (κ1) is 23.9. The maximum absolute atomic E-state index is 12.4. The first-order valence-electron chi connectivity index (χ1n) is 10.4. The van der Waals surface area contributed by atoms with E-state index in [1.807, 2.05) is 36.7 Å². The van der Waals surface area contributed by atoms with E-state index in [0.717, 1.165) is 35.5 Å². The molecule has 1 saturated heterocycles. The van der Waals surface area contributed by atoms with Crippen LogP contribution in [0.4, 0.5) is 11.6 Å². The average Bonchev–Trinajstić information content (AvgIpc) is 2.83. The molecular weight excluding hydrogens is 517 g/mol. The highest BCUT2D eigenvalue weighted by Crippen LogP contribution is 2.26. The third-order valence-corrected chi connectivity index (χ3v) is 5.32. The number of ether oxygens (including phenoxy) is 1. The van der Waals surface area contributed by atoms with Crippen LogP contribution in [0.1, 0.15) is 21.5 Å². The molecule has 4 rings (SSSR count). The molecule has 32 heavy (non-hydrogen) atoms. The number of halogens is 1. The number of aryl methyl sites for hydroxylation is 1. The van der Waals surface area contributed by atoms with Gasteiger partial charge in [-0.25, -0.2) is 9.97 Å². The van der Waals surface area contributed by atoms with Crippen LogP contribution in [0, 0.1) is 6.92 Å². The second-order valence-corrected chi connectivity index (χ2v) is 7.55. The van der Waals surface area contributed by atoms with Crippen LogP contribution in [0.3, 0.4) is 0 Å². The Morgan fingerprint density at radius 3 is 2.50 bits per heavy atom. The molecule has 0 unspecified atom stereocenters. The smallest absolute Gasteiger partial charge is 0.253 e. The van der Waals surface area contributed by atoms with Crippen LogP contribution in [0.5, 0.6) is 0 Å². The Morgan fingerprint density at radius 2 is 1.81 bits per heavy atom. The summed E-state index contributed by atoms with van der Waals surface area (Å²) in [6, 6.07) is 14.1. The number of amides is 1. The molecule has 0 radical (unpaired) electrons. The van der Waals surface area contributed by atoms with E-state index in [9.17, 15) is 4.79 Å². The monoisotopic (exact) mass is 545 g/mol. The van der Waals surface area contributed by atoms with Gasteiger partial charge in [0.15, 0.2) is 0 Å². The second kappa shape index (κ2) is 11.2. The number of hydrogen-bond acceptors (Lipinski definition) is 6. The van der Waals surface area contributed by atoms with Crippen molar-refractivity contribution < 1.29 is 9.53 Å². The highest BCUT2D eigenvalue weighted by Gasteiger charge is 2.15. The number of anilines is 2. The number of carbonyl (C=O) groups excluding carboxylic acids is 1. The summed E-state index contributed by atoms with van der Waals surface area (Å²) in [7, 11) is 1.64. The van der Waals surface area contributed by atoms with Crippen LogP contribution in [-0.4, -0.2) is 49.2 Å². The summed E-state index contributed by atoms with van der Waals surface area (Å²) in [4.78, 5) is 23.6. The Balaban J connectivity index is 0.00000289. The summed E-state index contributed by atoms with van der Waals surface area (Å²) < 4.78 is 5.39. The van der Waals surface area contributed by atoms with Gasteiger partial charge in [0.2, 0.25) is 5.95 Å². The third-order valence-electron chi connectivity index (χ3n) is 5.32. The maximum Gasteiger partial charge on any atom is 0.253 e. The number of carbonyl (C=O) groups is 1. The summed E-state index contributed by atoms with van der Waals surface area (Å²) >= 11 is 0. The zero-order valence-corrected chi connectivity index (χ0v) is 20.6. The number of nitrogens with zero attached hydrogens (tertiary/aromatic N) is 3. The van der Waals surface area contributed by atoms with Gasteiger partial charge in [0, 0.05) is 50.3 Å². The first-order chi connectivity index (χ1) is 15.1. The maximum atomic E-state index is 12.4. The molecule has 2 heterocycles. The number of benzene rings is 2. The molecule has 2 N–H and O–H groups in total. The fourth-order valence-electron chi connectivity index (χ4n) is 3.62. The van der Waals surface area contributed by atoms with Crippen molar-refractivity contribution in [3.63, 3.8) is 0 Å². The third kappa shape index (κ3) is 5.74. The van der Waals surface area contributed by atoms with Crippen molar-refractivity contribution in [1.82, 2.24) is 15.3 Å². The van der Waals surface area contributed by atoms with E-state index in [1.54, 1.807) is 7.05 Å². The molecular formula is C24H28IN5O2. The number of rotatable bonds is 6. The Bertz CT molecular complexity index is 1050. The lowest BCUT2D eigenvalue weighted by Gasteiger charge is -2.26. The predicted molar refractivity (Wildman–Crippen MR) is 138 cm³/mol. The molecule has 0 saturated carbocycles. The lowest BCUT2D eigenvalue weighted by atomic mass is 10.0. The van der Waals surface area contributed by atoms with E-state index in [-0.39, 0.29) is 29.9 Å². The van der Waals surface area contributed by atoms with Gasteiger partial charge in [0.1, 0.15) is 0 Å². The quantitative estimate of drug-likeness (QED) is 0.458. The van der Waals surface area contributed by atoms with Crippen molar-refractivity contribution in [1.29, 1.82) is 0 Å². The van der Waals surface area contributed by atoms with Crippen LogP contribution >= 0.6 is 24.0 Å². The van der Waals surface area contributed by atoms with Crippen molar-refractivity contribution in [2.24, 2.45) is 0 Å². The highest BCUT2D eigenvalue weighted by molar-refractivity contribution is 14.0. The minimum absolute atomic E-state index is 0. The number of hydrogen-bond donors (Lipinski definition) is 2. The van der Waals surface area contributed by atoms with E-state index >= 15 is 0 Å². The van der Waals surface area contributed by atoms with E-state index in [1.165, 1.54) is 5.56 Å². The SMILES string of the molecule is CNC(=O)c1ccc(-c2cnc(N3CCOCC3)nc2)cc1NCc1cccc(C)c1.I. The summed E-state index contributed by atoms with van der Waals surface area (Å²) in [6.07, 6.45) is 3.66. The summed E-state index contributed by atoms with van der Waals surface area (Å²) in [5, 5.41) is 6.13. The van der Waals surface area contributed by atoms with Crippen molar-refractivity contribution in [3.8, 4) is 11.1 Å². The molecule has 1 aliphatic heterocycles. The van der Waals surface area contributed by atoms with Gasteiger partial charge in [-0.2, -0.15) is 0 Å². The standard InChI is InChI=1S/C24H27N5O2.HI/c1-17-4-3-5-18(12-17)14-26-22-13-19(6-7-21(22)23(30)25-2)20-15-27-24(28-16-20)29-8-10-31-11-9-29;/h3-7,12-13,15-16,26H,8-11,14H2,1-2H3,(H,25,30);1H. The van der Waals surface area contributed by atoms with Crippen LogP contribution in [0.25, 0.3) is 11.1 Å². The van der Waals surface area contributed by atoms with Gasteiger partial charge in [-0.1, -0.05) is 35.9 Å². The second-order valence-electron chi connectivity index (χ2n) is 7.55. The zero-order chi connectivity index (χ0) is 21.6. The van der Waals surface area contributed by atoms with Crippen LogP contribution in [0.2, 0.25) is 0 Å². The summed E-state index contributed by atoms with van der Waals surface area (Å²) in [5.74, 6) is 0.587. The van der Waals surface area contributed by atoms with E-state index in [2.05, 4.69) is 50.6 Å². The zero-order valence-electron chi connectivity index (χ0n) is 18.3. The molecule has 0 spiro atoms. The minimum Gasteiger partial charge on any atom is -0.380 e. The molecule has 3 aromatic rings. The van der Waals surface area contributed by atoms with E-state index < -0.39 is 0 Å². The molecule has 1 fully saturated rings. The summed E-state index contributed by atoms with van der Waals surface area (Å²) in [6.45, 7) is 5.69. The van der Waals surface area contributed by atoms with Gasteiger partial charge in [0.05, 0.1) is 18.8 Å². The van der Waals surface area contributed by atoms with E-state index in [0.29, 0.717) is 31.3 Å². The van der Waals surface area contributed by atoms with Crippen molar-refractivity contribution in [2.45, 2.75) is 13.5 Å². The number of aromatic nitrogens is 2. The molecule has 0 bridgehead atoms. The van der Waals surface area contributed by atoms with Gasteiger partial charge >= 0.3 is 0 Å². The van der Waals surface area contributed by atoms with Gasteiger partial charge < -0.3 is 20.3 Å². The molecule has 0 aliphatic carbocycles. The first-order valence-corrected chi connectivity index (χ1v) is 10.4. The van der Waals surface area contributed by atoms with Crippen molar-refractivity contribution >= 4 is 41.5 Å². The topological polar surface area (TPSA) is 79.4 Å². The average molecular weight is 545 g/mol. The Labute approximate surface area is 205 Å². The lowest BCUT2D eigenvalue weighted by Crippen LogP contribution is -2.37. The van der Waals surface area contributed by atoms with Gasteiger partial charge in [-0.3, -0.25) is 4.79 Å². The van der Waals surface area contributed by atoms with Crippen LogP contribution < -0.4 is 15.5 Å². The lowest BCUT2D eigenvalue weighted by molar-refractivity contribution is 0.0964. The molecule has 1 aromatic heterocycles. The van der Waals surface area contributed by atoms with Crippen LogP contribution in [-0.2, 0) is 11.3 Å². The number of morpholine rings is 1. The Hall–Kier alpha value is -2.72. The molecule has 0 atom stereocenters. The normalized spacial score (nSPS) is 13.2. The van der Waals surface area contributed by atoms with Gasteiger partial charge in [0.25, 0.3) is 5.91 Å². The summed E-state index contributed by atoms with van der Waals surface area (Å²) in [5.41, 5.74) is 5.59. The molecule has 168 valence electrons. The fraction of sp³-hybridized carbons (Fsp3) is 0.292. The fourth-order valence-corrected chi connectivity index (χ4v) is 3.62. The highest BCUT2D eigenvalue weighted by atomic mass is 127. The number of nitrogens with one attached hydrogen (secondary N) is 2. The van der Waals surface area contributed by atoms with Gasteiger partial charge in [-0.05, 0) is 30.2 Å². The molecule has 1 amide bonds. The van der Waals surface area contributed by atoms with Crippen molar-refractivity contribution in [3.05, 3.63) is 71.5 Å². The predicted octanol–water partition coefficient (Wildman–Crippen LogP) is 3.88. The molecule has 1 aliphatic rings. The molecule has 8 heteroatoms. The Morgan fingerprint density at radius 1 is 1.06 bits per heavy atom. The Kier molecular flexibility index (Phi) is 8.40. The van der Waals surface area contributed by atoms with Crippen molar-refractivity contribution in [2.75, 3.05) is 43.6 Å². The van der Waals surface area contributed by atoms with Gasteiger partial charge in [-0.15, -0.1) is 24.0 Å².